The molecule has 2 nitrogen and oxygen atoms in total. The van der Waals surface area contributed by atoms with E-state index in [4.69, 9.17) is 5.11 Å². The maximum atomic E-state index is 10.8. The van der Waals surface area contributed by atoms with E-state index in [-0.39, 0.29) is 11.8 Å². The van der Waals surface area contributed by atoms with Gasteiger partial charge in [-0.25, -0.2) is 0 Å². The average molecular weight is 430 g/mol. The Morgan fingerprint density at radius 1 is 0.957 bits per heavy atom. The number of halogens is 1. The molecule has 0 atom stereocenters. The van der Waals surface area contributed by atoms with Crippen LogP contribution in [0.1, 0.15) is 77.2 Å². The molecule has 1 aromatic rings. The standard InChI is InChI=1S/C20H31IO2/c1-20(2,16-19(22)23)15-9-7-5-3-4-6-8-10-17-11-13-18(21)14-12-17/h11-14H,3-10,15-16H2,1-2H3,(H,22,23). The van der Waals surface area contributed by atoms with Gasteiger partial charge in [-0.2, -0.15) is 0 Å². The quantitative estimate of drug-likeness (QED) is 0.305. The number of carboxylic acids is 1. The Balaban J connectivity index is 1.95. The van der Waals surface area contributed by atoms with Crippen LogP contribution in [0.25, 0.3) is 0 Å². The van der Waals surface area contributed by atoms with Gasteiger partial charge in [0.25, 0.3) is 0 Å². The summed E-state index contributed by atoms with van der Waals surface area (Å²) < 4.78 is 1.30. The van der Waals surface area contributed by atoms with Crippen molar-refractivity contribution in [3.05, 3.63) is 33.4 Å². The number of aryl methyl sites for hydroxylation is 1. The molecule has 0 aliphatic heterocycles. The second kappa shape index (κ2) is 11.1. The van der Waals surface area contributed by atoms with Gasteiger partial charge in [-0.15, -0.1) is 0 Å². The first-order valence-corrected chi connectivity index (χ1v) is 9.93. The molecule has 0 radical (unpaired) electrons. The highest BCUT2D eigenvalue weighted by Gasteiger charge is 2.20. The molecule has 0 heterocycles. The second-order valence-electron chi connectivity index (χ2n) is 7.34. The SMILES string of the molecule is CC(C)(CCCCCCCCCc1ccc(I)cc1)CC(=O)O. The van der Waals surface area contributed by atoms with Gasteiger partial charge in [0, 0.05) is 3.57 Å². The molecule has 1 rings (SSSR count). The molecular weight excluding hydrogens is 399 g/mol. The highest BCUT2D eigenvalue weighted by atomic mass is 127. The van der Waals surface area contributed by atoms with Gasteiger partial charge in [0.15, 0.2) is 0 Å². The molecule has 0 aliphatic carbocycles. The summed E-state index contributed by atoms with van der Waals surface area (Å²) in [6, 6.07) is 8.84. The van der Waals surface area contributed by atoms with Crippen molar-refractivity contribution in [1.29, 1.82) is 0 Å². The summed E-state index contributed by atoms with van der Waals surface area (Å²) in [4.78, 5) is 10.8. The van der Waals surface area contributed by atoms with Crippen molar-refractivity contribution in [2.75, 3.05) is 0 Å². The molecule has 3 heteroatoms. The van der Waals surface area contributed by atoms with Crippen molar-refractivity contribution in [2.45, 2.75) is 78.1 Å². The summed E-state index contributed by atoms with van der Waals surface area (Å²) in [7, 11) is 0. The summed E-state index contributed by atoms with van der Waals surface area (Å²) in [5.41, 5.74) is 1.39. The Morgan fingerprint density at radius 3 is 2.04 bits per heavy atom. The Bertz CT molecular complexity index is 451. The van der Waals surface area contributed by atoms with Gasteiger partial charge < -0.3 is 5.11 Å². The lowest BCUT2D eigenvalue weighted by molar-refractivity contribution is -0.139. The minimum absolute atomic E-state index is 0.0562. The molecule has 0 saturated heterocycles. The topological polar surface area (TPSA) is 37.3 Å². The molecule has 1 aromatic carbocycles. The largest absolute Gasteiger partial charge is 0.481 e. The number of unbranched alkanes of at least 4 members (excludes halogenated alkanes) is 6. The van der Waals surface area contributed by atoms with E-state index in [1.807, 2.05) is 0 Å². The van der Waals surface area contributed by atoms with Gasteiger partial charge in [-0.1, -0.05) is 64.5 Å². The van der Waals surface area contributed by atoms with E-state index in [0.29, 0.717) is 0 Å². The van der Waals surface area contributed by atoms with Gasteiger partial charge in [-0.05, 0) is 65.0 Å². The van der Waals surface area contributed by atoms with E-state index in [2.05, 4.69) is 60.7 Å². The first-order valence-electron chi connectivity index (χ1n) is 8.85. The molecule has 0 aliphatic rings. The highest BCUT2D eigenvalue weighted by molar-refractivity contribution is 14.1. The summed E-state index contributed by atoms with van der Waals surface area (Å²) in [6.45, 7) is 4.12. The van der Waals surface area contributed by atoms with Gasteiger partial charge in [0.05, 0.1) is 6.42 Å². The molecule has 1 N–H and O–H groups in total. The summed E-state index contributed by atoms with van der Waals surface area (Å²) in [5.74, 6) is -0.678. The van der Waals surface area contributed by atoms with Crippen LogP contribution in [0.2, 0.25) is 0 Å². The molecule has 0 aromatic heterocycles. The van der Waals surface area contributed by atoms with Crippen molar-refractivity contribution in [1.82, 2.24) is 0 Å². The third-order valence-electron chi connectivity index (χ3n) is 4.36. The van der Waals surface area contributed by atoms with Crippen LogP contribution in [0.3, 0.4) is 0 Å². The van der Waals surface area contributed by atoms with Crippen molar-refractivity contribution < 1.29 is 9.90 Å². The van der Waals surface area contributed by atoms with Crippen molar-refractivity contribution in [2.24, 2.45) is 5.41 Å². The van der Waals surface area contributed by atoms with E-state index in [0.717, 1.165) is 12.8 Å². The van der Waals surface area contributed by atoms with E-state index in [9.17, 15) is 4.79 Å². The fourth-order valence-corrected chi connectivity index (χ4v) is 3.32. The van der Waals surface area contributed by atoms with E-state index < -0.39 is 5.97 Å². The fraction of sp³-hybridized carbons (Fsp3) is 0.650. The zero-order valence-corrected chi connectivity index (χ0v) is 16.8. The van der Waals surface area contributed by atoms with E-state index >= 15 is 0 Å². The number of carbonyl (C=O) groups is 1. The van der Waals surface area contributed by atoms with Crippen LogP contribution in [0.5, 0.6) is 0 Å². The van der Waals surface area contributed by atoms with Crippen LogP contribution in [-0.4, -0.2) is 11.1 Å². The van der Waals surface area contributed by atoms with Crippen LogP contribution >= 0.6 is 22.6 Å². The van der Waals surface area contributed by atoms with Gasteiger partial charge in [-0.3, -0.25) is 4.79 Å². The molecule has 0 spiro atoms. The predicted molar refractivity (Wildman–Crippen MR) is 106 cm³/mol. The fourth-order valence-electron chi connectivity index (χ4n) is 2.97. The van der Waals surface area contributed by atoms with E-state index in [1.165, 1.54) is 54.1 Å². The molecule has 0 unspecified atom stereocenters. The van der Waals surface area contributed by atoms with Crippen LogP contribution in [0.4, 0.5) is 0 Å². The number of hydrogen-bond acceptors (Lipinski definition) is 1. The predicted octanol–water partition coefficient (Wildman–Crippen LogP) is 6.46. The van der Waals surface area contributed by atoms with Crippen molar-refractivity contribution in [3.63, 3.8) is 0 Å². The van der Waals surface area contributed by atoms with Crippen LogP contribution in [0, 0.1) is 8.99 Å². The maximum Gasteiger partial charge on any atom is 0.303 e. The first-order chi connectivity index (χ1) is 10.9. The van der Waals surface area contributed by atoms with Gasteiger partial charge in [0.1, 0.15) is 0 Å². The maximum absolute atomic E-state index is 10.8. The number of aliphatic carboxylic acids is 1. The second-order valence-corrected chi connectivity index (χ2v) is 8.58. The van der Waals surface area contributed by atoms with Gasteiger partial charge in [0.2, 0.25) is 0 Å². The Morgan fingerprint density at radius 2 is 1.48 bits per heavy atom. The molecule has 0 fully saturated rings. The third kappa shape index (κ3) is 10.7. The monoisotopic (exact) mass is 430 g/mol. The summed E-state index contributed by atoms with van der Waals surface area (Å²) in [6.07, 6.45) is 11.4. The molecule has 0 saturated carbocycles. The molecular formula is C20H31IO2. The highest BCUT2D eigenvalue weighted by Crippen LogP contribution is 2.28. The van der Waals surface area contributed by atoms with Crippen LogP contribution in [-0.2, 0) is 11.2 Å². The van der Waals surface area contributed by atoms with Crippen molar-refractivity contribution >= 4 is 28.6 Å². The number of carboxylic acid groups (broad SMARTS) is 1. The van der Waals surface area contributed by atoms with Crippen molar-refractivity contribution in [3.8, 4) is 0 Å². The Hall–Kier alpha value is -0.580. The third-order valence-corrected chi connectivity index (χ3v) is 5.08. The normalized spacial score (nSPS) is 11.6. The smallest absolute Gasteiger partial charge is 0.303 e. The molecule has 0 bridgehead atoms. The first kappa shape index (κ1) is 20.5. The van der Waals surface area contributed by atoms with Crippen LogP contribution < -0.4 is 0 Å². The number of hydrogen-bond donors (Lipinski definition) is 1. The zero-order valence-electron chi connectivity index (χ0n) is 14.6. The molecule has 23 heavy (non-hydrogen) atoms. The van der Waals surface area contributed by atoms with Crippen LogP contribution in [0.15, 0.2) is 24.3 Å². The summed E-state index contributed by atoms with van der Waals surface area (Å²) >= 11 is 2.34. The zero-order chi connectivity index (χ0) is 17.1. The Kier molecular flexibility index (Phi) is 9.84. The van der Waals surface area contributed by atoms with Gasteiger partial charge >= 0.3 is 5.97 Å². The minimum Gasteiger partial charge on any atom is -0.481 e. The minimum atomic E-state index is -0.678. The molecule has 0 amide bonds. The lowest BCUT2D eigenvalue weighted by Crippen LogP contribution is -2.16. The number of benzene rings is 1. The van der Waals surface area contributed by atoms with E-state index in [1.54, 1.807) is 0 Å². The lowest BCUT2D eigenvalue weighted by Gasteiger charge is -2.21. The number of rotatable bonds is 12. The lowest BCUT2D eigenvalue weighted by atomic mass is 9.83. The molecule has 130 valence electrons. The summed E-state index contributed by atoms with van der Waals surface area (Å²) in [5, 5.41) is 8.87. The Labute approximate surface area is 155 Å². The average Bonchev–Trinajstić information content (AvgIpc) is 2.46.